The molecule has 0 saturated carbocycles. The topological polar surface area (TPSA) is 64.1 Å². The molecule has 1 aliphatic rings. The number of rotatable bonds is 5. The van der Waals surface area contributed by atoms with E-state index in [1.54, 1.807) is 0 Å². The average molecular weight is 367 g/mol. The summed E-state index contributed by atoms with van der Waals surface area (Å²) in [7, 11) is 0. The molecule has 1 aromatic carbocycles. The van der Waals surface area contributed by atoms with E-state index in [2.05, 4.69) is 62.0 Å². The minimum absolute atomic E-state index is 0.101. The van der Waals surface area contributed by atoms with Crippen LogP contribution in [0.15, 0.2) is 12.1 Å². The third-order valence-corrected chi connectivity index (χ3v) is 5.27. The van der Waals surface area contributed by atoms with E-state index in [1.165, 1.54) is 5.56 Å². The maximum atomic E-state index is 12.9. The van der Waals surface area contributed by atoms with Crippen molar-refractivity contribution in [2.75, 3.05) is 11.9 Å². The van der Waals surface area contributed by atoms with Crippen LogP contribution in [0.1, 0.15) is 66.4 Å². The minimum atomic E-state index is -0.382. The van der Waals surface area contributed by atoms with Crippen molar-refractivity contribution in [3.05, 3.63) is 45.9 Å². The zero-order valence-corrected chi connectivity index (χ0v) is 17.1. The summed E-state index contributed by atoms with van der Waals surface area (Å²) >= 11 is 0. The first-order valence-corrected chi connectivity index (χ1v) is 9.75. The van der Waals surface area contributed by atoms with Crippen LogP contribution in [0.5, 0.6) is 5.88 Å². The summed E-state index contributed by atoms with van der Waals surface area (Å²) in [5, 5.41) is 3.21. The summed E-state index contributed by atoms with van der Waals surface area (Å²) < 4.78 is 6.17. The van der Waals surface area contributed by atoms with Gasteiger partial charge in [0.2, 0.25) is 5.88 Å². The molecule has 0 aliphatic carbocycles. The summed E-state index contributed by atoms with van der Waals surface area (Å²) in [5.41, 5.74) is 5.99. The first-order valence-electron chi connectivity index (χ1n) is 9.75. The van der Waals surface area contributed by atoms with Gasteiger partial charge in [0.1, 0.15) is 17.6 Å². The van der Waals surface area contributed by atoms with E-state index in [1.807, 2.05) is 6.92 Å². The van der Waals surface area contributed by atoms with Gasteiger partial charge in [-0.1, -0.05) is 31.5 Å². The molecule has 144 valence electrons. The van der Waals surface area contributed by atoms with E-state index in [-0.39, 0.29) is 24.3 Å². The van der Waals surface area contributed by atoms with E-state index < -0.39 is 0 Å². The van der Waals surface area contributed by atoms with Crippen LogP contribution < -0.4 is 10.1 Å². The quantitative estimate of drug-likeness (QED) is 0.848. The number of Topliss-reactive ketones (excluding diaryl/α,β-unsaturated/α-hetero) is 1. The highest BCUT2D eigenvalue weighted by Crippen LogP contribution is 2.40. The highest BCUT2D eigenvalue weighted by molar-refractivity contribution is 5.97. The molecule has 0 fully saturated rings. The Hall–Kier alpha value is -2.43. The molecule has 2 aromatic rings. The molecular weight excluding hydrogens is 338 g/mol. The number of carbonyl (C=O) groups excluding carboxylic acids is 1. The number of hydrogen-bond donors (Lipinski definition) is 1. The van der Waals surface area contributed by atoms with Crippen molar-refractivity contribution in [3.63, 3.8) is 0 Å². The van der Waals surface area contributed by atoms with Gasteiger partial charge in [-0.25, -0.2) is 4.98 Å². The number of fused-ring (bicyclic) bond motifs is 1. The summed E-state index contributed by atoms with van der Waals surface area (Å²) in [6.07, 6.45) is 1.92. The minimum Gasteiger partial charge on any atom is -0.473 e. The van der Waals surface area contributed by atoms with E-state index in [9.17, 15) is 4.79 Å². The van der Waals surface area contributed by atoms with Crippen molar-refractivity contribution in [2.24, 2.45) is 0 Å². The number of hydrogen-bond acceptors (Lipinski definition) is 5. The van der Waals surface area contributed by atoms with Crippen molar-refractivity contribution >= 4 is 11.5 Å². The Morgan fingerprint density at radius 2 is 1.74 bits per heavy atom. The average Bonchev–Trinajstić information content (AvgIpc) is 2.60. The Morgan fingerprint density at radius 1 is 1.11 bits per heavy atom. The number of carbonyl (C=O) groups is 1. The number of nitrogens with zero attached hydrogens (tertiary/aromatic N) is 2. The second kappa shape index (κ2) is 7.67. The van der Waals surface area contributed by atoms with Crippen LogP contribution >= 0.6 is 0 Å². The van der Waals surface area contributed by atoms with Gasteiger partial charge in [-0.2, -0.15) is 4.98 Å². The molecule has 1 aromatic heterocycles. The number of ether oxygens (including phenoxy) is 1. The number of benzene rings is 1. The zero-order chi connectivity index (χ0) is 19.7. The molecule has 5 heteroatoms. The van der Waals surface area contributed by atoms with Gasteiger partial charge in [0.05, 0.1) is 18.2 Å². The molecule has 1 atom stereocenters. The van der Waals surface area contributed by atoms with Crippen molar-refractivity contribution in [1.82, 2.24) is 9.97 Å². The van der Waals surface area contributed by atoms with E-state index >= 15 is 0 Å². The van der Waals surface area contributed by atoms with Crippen LogP contribution in [0, 0.1) is 27.7 Å². The van der Waals surface area contributed by atoms with Gasteiger partial charge in [-0.15, -0.1) is 0 Å². The van der Waals surface area contributed by atoms with Crippen LogP contribution in [0.25, 0.3) is 0 Å². The second-order valence-corrected chi connectivity index (χ2v) is 7.46. The second-order valence-electron chi connectivity index (χ2n) is 7.46. The van der Waals surface area contributed by atoms with Crippen molar-refractivity contribution in [1.29, 1.82) is 0 Å². The smallest absolute Gasteiger partial charge is 0.241 e. The third kappa shape index (κ3) is 3.68. The van der Waals surface area contributed by atoms with Crippen LogP contribution in [0.2, 0.25) is 0 Å². The lowest BCUT2D eigenvalue weighted by molar-refractivity contribution is -0.118. The maximum Gasteiger partial charge on any atom is 0.241 e. The molecule has 2 heterocycles. The summed E-state index contributed by atoms with van der Waals surface area (Å²) in [6, 6.07) is 4.26. The summed E-state index contributed by atoms with van der Waals surface area (Å²) in [6.45, 7) is 12.5. The van der Waals surface area contributed by atoms with Gasteiger partial charge >= 0.3 is 0 Å². The lowest BCUT2D eigenvalue weighted by Gasteiger charge is -2.29. The van der Waals surface area contributed by atoms with Crippen LogP contribution in [0.4, 0.5) is 5.69 Å². The number of anilines is 1. The standard InChI is InChI=1S/C22H29N3O2/c1-7-16(8-2)27-22-21-20(24-15(6)25-22)19(17(26)11-23-21)18-13(4)9-12(3)10-14(18)5/h9-10,16,19,23H,7-8,11H2,1-6H3. The first-order chi connectivity index (χ1) is 12.8. The van der Waals surface area contributed by atoms with Crippen LogP contribution in [-0.4, -0.2) is 28.4 Å². The number of nitrogens with one attached hydrogen (secondary N) is 1. The molecule has 0 amide bonds. The van der Waals surface area contributed by atoms with E-state index in [0.717, 1.165) is 40.9 Å². The molecule has 5 nitrogen and oxygen atoms in total. The molecule has 0 spiro atoms. The predicted octanol–water partition coefficient (Wildman–Crippen LogP) is 4.40. The Labute approximate surface area is 161 Å². The fourth-order valence-electron chi connectivity index (χ4n) is 4.02. The Bertz CT molecular complexity index is 849. The lowest BCUT2D eigenvalue weighted by Crippen LogP contribution is -2.32. The normalized spacial score (nSPS) is 16.3. The molecule has 1 unspecified atom stereocenters. The highest BCUT2D eigenvalue weighted by atomic mass is 16.5. The Kier molecular flexibility index (Phi) is 5.49. The molecule has 3 rings (SSSR count). The SMILES string of the molecule is CCC(CC)Oc1nc(C)nc2c1NCC(=O)C2c1c(C)cc(C)cc1C. The van der Waals surface area contributed by atoms with Gasteiger partial charge in [-0.05, 0) is 57.2 Å². The largest absolute Gasteiger partial charge is 0.473 e. The lowest BCUT2D eigenvalue weighted by atomic mass is 9.82. The fraction of sp³-hybridized carbons (Fsp3) is 0.500. The molecule has 0 saturated heterocycles. The molecule has 1 N–H and O–H groups in total. The third-order valence-electron chi connectivity index (χ3n) is 5.27. The number of ketones is 1. The zero-order valence-electron chi connectivity index (χ0n) is 17.1. The fourth-order valence-corrected chi connectivity index (χ4v) is 4.02. The van der Waals surface area contributed by atoms with Crippen LogP contribution in [0.3, 0.4) is 0 Å². The van der Waals surface area contributed by atoms with Crippen LogP contribution in [-0.2, 0) is 4.79 Å². The number of aryl methyl sites for hydroxylation is 4. The first kappa shape index (κ1) is 19.3. The molecule has 0 radical (unpaired) electrons. The summed E-state index contributed by atoms with van der Waals surface area (Å²) in [5.74, 6) is 0.932. The van der Waals surface area contributed by atoms with Gasteiger partial charge < -0.3 is 10.1 Å². The van der Waals surface area contributed by atoms with Crippen molar-refractivity contribution in [2.45, 2.75) is 66.4 Å². The molecule has 1 aliphatic heterocycles. The Morgan fingerprint density at radius 3 is 2.33 bits per heavy atom. The highest BCUT2D eigenvalue weighted by Gasteiger charge is 2.35. The van der Waals surface area contributed by atoms with Gasteiger partial charge in [0.25, 0.3) is 0 Å². The Balaban J connectivity index is 2.16. The predicted molar refractivity (Wildman–Crippen MR) is 108 cm³/mol. The monoisotopic (exact) mass is 367 g/mol. The van der Waals surface area contributed by atoms with Crippen molar-refractivity contribution in [3.8, 4) is 5.88 Å². The van der Waals surface area contributed by atoms with E-state index in [0.29, 0.717) is 11.7 Å². The van der Waals surface area contributed by atoms with Crippen molar-refractivity contribution < 1.29 is 9.53 Å². The van der Waals surface area contributed by atoms with E-state index in [4.69, 9.17) is 4.74 Å². The summed E-state index contributed by atoms with van der Waals surface area (Å²) in [4.78, 5) is 22.1. The maximum absolute atomic E-state index is 12.9. The molecule has 0 bridgehead atoms. The molecule has 27 heavy (non-hydrogen) atoms. The molecular formula is C22H29N3O2. The van der Waals surface area contributed by atoms with Gasteiger partial charge in [0.15, 0.2) is 5.78 Å². The van der Waals surface area contributed by atoms with Gasteiger partial charge in [-0.3, -0.25) is 4.79 Å². The van der Waals surface area contributed by atoms with Gasteiger partial charge in [0, 0.05) is 0 Å². The number of aromatic nitrogens is 2.